The smallest absolute Gasteiger partial charge is 0.254 e. The maximum Gasteiger partial charge on any atom is 0.254 e. The van der Waals surface area contributed by atoms with Crippen LogP contribution < -0.4 is 0 Å². The van der Waals surface area contributed by atoms with Crippen molar-refractivity contribution in [2.45, 2.75) is 32.5 Å². The van der Waals surface area contributed by atoms with Gasteiger partial charge in [-0.15, -0.1) is 0 Å². The minimum absolute atomic E-state index is 0.0414. The second-order valence-electron chi connectivity index (χ2n) is 5.55. The molecule has 1 aromatic rings. The minimum Gasteiger partial charge on any atom is -0.394 e. The number of morpholine rings is 1. The molecule has 0 saturated carbocycles. The zero-order valence-electron chi connectivity index (χ0n) is 11.6. The molecular formula is C14H20N2O3. The predicted octanol–water partition coefficient (Wildman–Crippen LogP) is 1.00. The third-order valence-corrected chi connectivity index (χ3v) is 3.12. The van der Waals surface area contributed by atoms with E-state index >= 15 is 0 Å². The number of ether oxygens (including phenoxy) is 1. The van der Waals surface area contributed by atoms with Gasteiger partial charge in [0.05, 0.1) is 18.3 Å². The Bertz CT molecular complexity index is 474. The topological polar surface area (TPSA) is 62.7 Å². The molecule has 0 spiro atoms. The van der Waals surface area contributed by atoms with E-state index in [2.05, 4.69) is 4.98 Å². The van der Waals surface area contributed by atoms with E-state index < -0.39 is 5.60 Å². The van der Waals surface area contributed by atoms with E-state index in [1.165, 1.54) is 0 Å². The molecule has 2 rings (SSSR count). The molecule has 0 radical (unpaired) electrons. The van der Waals surface area contributed by atoms with E-state index in [1.807, 2.05) is 20.8 Å². The Morgan fingerprint density at radius 1 is 1.63 bits per heavy atom. The number of aryl methyl sites for hydroxylation is 1. The van der Waals surface area contributed by atoms with Gasteiger partial charge in [0.2, 0.25) is 0 Å². The average Bonchev–Trinajstić information content (AvgIpc) is 2.36. The van der Waals surface area contributed by atoms with Crippen molar-refractivity contribution in [2.24, 2.45) is 0 Å². The van der Waals surface area contributed by atoms with Gasteiger partial charge in [-0.05, 0) is 32.9 Å². The number of pyridine rings is 1. The quantitative estimate of drug-likeness (QED) is 0.865. The summed E-state index contributed by atoms with van der Waals surface area (Å²) in [5.41, 5.74) is 1.00. The molecule has 5 heteroatoms. The number of aliphatic hydroxyl groups excluding tert-OH is 1. The number of carbonyl (C=O) groups excluding carboxylic acids is 1. The first-order chi connectivity index (χ1) is 8.91. The fourth-order valence-electron chi connectivity index (χ4n) is 2.41. The number of nitrogens with zero attached hydrogens (tertiary/aromatic N) is 2. The van der Waals surface area contributed by atoms with Gasteiger partial charge >= 0.3 is 0 Å². The molecule has 0 bridgehead atoms. The maximum absolute atomic E-state index is 12.5. The van der Waals surface area contributed by atoms with Crippen LogP contribution in [0.3, 0.4) is 0 Å². The molecule has 104 valence electrons. The van der Waals surface area contributed by atoms with Gasteiger partial charge in [0.15, 0.2) is 0 Å². The Balaban J connectivity index is 2.18. The van der Waals surface area contributed by atoms with Crippen LogP contribution in [-0.2, 0) is 4.74 Å². The largest absolute Gasteiger partial charge is 0.394 e. The molecule has 2 heterocycles. The van der Waals surface area contributed by atoms with Crippen molar-refractivity contribution in [3.8, 4) is 0 Å². The molecule has 0 aliphatic carbocycles. The zero-order valence-corrected chi connectivity index (χ0v) is 11.6. The second kappa shape index (κ2) is 5.27. The zero-order chi connectivity index (χ0) is 14.0. The summed E-state index contributed by atoms with van der Waals surface area (Å²) >= 11 is 0. The van der Waals surface area contributed by atoms with Crippen molar-refractivity contribution in [1.29, 1.82) is 0 Å². The highest BCUT2D eigenvalue weighted by molar-refractivity contribution is 5.94. The average molecular weight is 264 g/mol. The van der Waals surface area contributed by atoms with Crippen LogP contribution in [0.25, 0.3) is 0 Å². The lowest BCUT2D eigenvalue weighted by Crippen LogP contribution is -2.55. The lowest BCUT2D eigenvalue weighted by atomic mass is 10.0. The molecule has 1 aliphatic heterocycles. The van der Waals surface area contributed by atoms with E-state index in [9.17, 15) is 9.90 Å². The Kier molecular flexibility index (Phi) is 3.87. The van der Waals surface area contributed by atoms with Gasteiger partial charge in [-0.25, -0.2) is 0 Å². The summed E-state index contributed by atoms with van der Waals surface area (Å²) in [6.45, 7) is 6.56. The monoisotopic (exact) mass is 264 g/mol. The lowest BCUT2D eigenvalue weighted by molar-refractivity contribution is -0.139. The molecule has 1 unspecified atom stereocenters. The van der Waals surface area contributed by atoms with Gasteiger partial charge in [-0.1, -0.05) is 0 Å². The molecule has 5 nitrogen and oxygen atoms in total. The summed E-state index contributed by atoms with van der Waals surface area (Å²) in [6, 6.07) is 3.49. The fourth-order valence-corrected chi connectivity index (χ4v) is 2.41. The summed E-state index contributed by atoms with van der Waals surface area (Å²) in [5.74, 6) is -0.0414. The van der Waals surface area contributed by atoms with Crippen LogP contribution in [0.2, 0.25) is 0 Å². The summed E-state index contributed by atoms with van der Waals surface area (Å²) in [4.78, 5) is 18.3. The van der Waals surface area contributed by atoms with E-state index in [0.29, 0.717) is 18.7 Å². The van der Waals surface area contributed by atoms with Crippen LogP contribution in [0.5, 0.6) is 0 Å². The minimum atomic E-state index is -0.441. The summed E-state index contributed by atoms with van der Waals surface area (Å²) < 4.78 is 5.71. The molecule has 0 aromatic carbocycles. The Morgan fingerprint density at radius 3 is 3.00 bits per heavy atom. The van der Waals surface area contributed by atoms with E-state index in [-0.39, 0.29) is 18.6 Å². The molecule has 1 saturated heterocycles. The van der Waals surface area contributed by atoms with E-state index in [0.717, 1.165) is 5.69 Å². The van der Waals surface area contributed by atoms with Crippen molar-refractivity contribution >= 4 is 5.91 Å². The Morgan fingerprint density at radius 2 is 2.37 bits per heavy atom. The van der Waals surface area contributed by atoms with Gasteiger partial charge in [-0.2, -0.15) is 0 Å². The first kappa shape index (κ1) is 14.0. The second-order valence-corrected chi connectivity index (χ2v) is 5.55. The SMILES string of the molecule is Cc1cc(C(=O)N2CC(CO)OC(C)(C)C2)ccn1. The van der Waals surface area contributed by atoms with Crippen molar-refractivity contribution in [3.63, 3.8) is 0 Å². The molecule has 1 atom stereocenters. The van der Waals surface area contributed by atoms with Crippen LogP contribution >= 0.6 is 0 Å². The predicted molar refractivity (Wildman–Crippen MR) is 70.9 cm³/mol. The fraction of sp³-hybridized carbons (Fsp3) is 0.571. The molecular weight excluding hydrogens is 244 g/mol. The van der Waals surface area contributed by atoms with Crippen LogP contribution in [-0.4, -0.2) is 52.3 Å². The van der Waals surface area contributed by atoms with Gasteiger partial charge in [0.25, 0.3) is 5.91 Å². The number of hydrogen-bond acceptors (Lipinski definition) is 4. The highest BCUT2D eigenvalue weighted by Crippen LogP contribution is 2.22. The normalized spacial score (nSPS) is 22.3. The van der Waals surface area contributed by atoms with Crippen molar-refractivity contribution in [2.75, 3.05) is 19.7 Å². The summed E-state index contributed by atoms with van der Waals surface area (Å²) in [6.07, 6.45) is 1.31. The van der Waals surface area contributed by atoms with Gasteiger partial charge < -0.3 is 14.7 Å². The van der Waals surface area contributed by atoms with E-state index in [1.54, 1.807) is 23.2 Å². The summed E-state index contributed by atoms with van der Waals surface area (Å²) in [7, 11) is 0. The molecule has 1 amide bonds. The maximum atomic E-state index is 12.5. The first-order valence-electron chi connectivity index (χ1n) is 6.42. The Hall–Kier alpha value is -1.46. The highest BCUT2D eigenvalue weighted by atomic mass is 16.5. The summed E-state index contributed by atoms with van der Waals surface area (Å²) in [5, 5.41) is 9.26. The number of hydrogen-bond donors (Lipinski definition) is 1. The van der Waals surface area contributed by atoms with Gasteiger partial charge in [0, 0.05) is 30.5 Å². The number of aromatic nitrogens is 1. The van der Waals surface area contributed by atoms with Gasteiger partial charge in [-0.3, -0.25) is 9.78 Å². The standard InChI is InChI=1S/C14H20N2O3/c1-10-6-11(4-5-15-10)13(18)16-7-12(8-17)19-14(2,3)9-16/h4-6,12,17H,7-9H2,1-3H3. The Labute approximate surface area is 113 Å². The van der Waals surface area contributed by atoms with Crippen LogP contribution in [0.15, 0.2) is 18.3 Å². The molecule has 1 aromatic heterocycles. The van der Waals surface area contributed by atoms with Crippen molar-refractivity contribution in [3.05, 3.63) is 29.6 Å². The van der Waals surface area contributed by atoms with Crippen molar-refractivity contribution in [1.82, 2.24) is 9.88 Å². The third kappa shape index (κ3) is 3.30. The molecule has 1 aliphatic rings. The van der Waals surface area contributed by atoms with Gasteiger partial charge in [0.1, 0.15) is 0 Å². The molecule has 1 N–H and O–H groups in total. The number of rotatable bonds is 2. The lowest BCUT2D eigenvalue weighted by Gasteiger charge is -2.42. The number of carbonyl (C=O) groups is 1. The number of amides is 1. The van der Waals surface area contributed by atoms with E-state index in [4.69, 9.17) is 4.74 Å². The molecule has 19 heavy (non-hydrogen) atoms. The van der Waals surface area contributed by atoms with Crippen LogP contribution in [0, 0.1) is 6.92 Å². The van der Waals surface area contributed by atoms with Crippen LogP contribution in [0.4, 0.5) is 0 Å². The third-order valence-electron chi connectivity index (χ3n) is 3.12. The first-order valence-corrected chi connectivity index (χ1v) is 6.42. The van der Waals surface area contributed by atoms with Crippen LogP contribution in [0.1, 0.15) is 29.9 Å². The molecule has 1 fully saturated rings. The number of aliphatic hydroxyl groups is 1. The van der Waals surface area contributed by atoms with Crippen molar-refractivity contribution < 1.29 is 14.6 Å². The highest BCUT2D eigenvalue weighted by Gasteiger charge is 2.35.